The Hall–Kier alpha value is -15.1. The van der Waals surface area contributed by atoms with Crippen molar-refractivity contribution in [1.82, 2.24) is 39.9 Å². The van der Waals surface area contributed by atoms with Crippen molar-refractivity contribution in [3.05, 3.63) is 360 Å². The molecule has 0 radical (unpaired) electrons. The number of rotatable bonds is 10. The Labute approximate surface area is 657 Å². The summed E-state index contributed by atoms with van der Waals surface area (Å²) in [5.41, 5.74) is 35.3. The summed E-state index contributed by atoms with van der Waals surface area (Å²) in [6.45, 7) is 2.08. The van der Waals surface area contributed by atoms with E-state index in [4.69, 9.17) is 29.4 Å². The van der Waals surface area contributed by atoms with Gasteiger partial charge in [-0.25, -0.2) is 19.9 Å². The van der Waals surface area contributed by atoms with Gasteiger partial charge in [-0.05, 0) is 166 Å². The highest BCUT2D eigenvalue weighted by molar-refractivity contribution is 6.04. The average molecular weight is 1470 g/mol. The minimum absolute atomic E-state index is 0.375. The number of ether oxygens (including phenoxy) is 2. The molecular formula is C102H70N10O2. The molecule has 0 fully saturated rings. The molecule has 6 aromatic heterocycles. The molecule has 12 heterocycles. The van der Waals surface area contributed by atoms with Gasteiger partial charge in [-0.15, -0.1) is 0 Å². The van der Waals surface area contributed by atoms with Gasteiger partial charge in [0.05, 0.1) is 45.6 Å². The number of hydrogen-bond donors (Lipinski definition) is 4. The van der Waals surface area contributed by atoms with Crippen LogP contribution < -0.4 is 19.3 Å². The van der Waals surface area contributed by atoms with E-state index in [2.05, 4.69) is 382 Å². The fourth-order valence-corrected chi connectivity index (χ4v) is 17.3. The Balaban J connectivity index is 0.581. The van der Waals surface area contributed by atoms with Gasteiger partial charge in [0.2, 0.25) is 0 Å². The lowest BCUT2D eigenvalue weighted by molar-refractivity contribution is 0.289. The van der Waals surface area contributed by atoms with Crippen molar-refractivity contribution >= 4 is 115 Å². The standard InChI is InChI=1S/C102H70N10O2/c1-7-19-63(20-8-1)93-77-43-47-81(103-77)95(65-23-11-3-12-24-65)85-51-55-89(107-85)99(90-56-52-86(108-90)96(66-25-13-4-14-26-66)82-48-44-78(93)104-82)69-31-37-73(38-32-69)111-59-71-35-41-76-75(101(71)113-61-111)42-36-72-60-112(62-114-102(72)76)74-39-33-70(34-40-74)100-91-57-53-87(109-91)97(67-27-15-5-16-28-67)83-49-45-79(105-83)94(64-21-9-2-10-22-64)80-46-50-84(106-80)98(68-29-17-6-18-30-68)88-54-58-92(100)110-88/h1-58,103,105,108,110H,59-62H2. The van der Waals surface area contributed by atoms with Crippen molar-refractivity contribution in [2.24, 2.45) is 0 Å². The number of nitrogens with one attached hydrogen (secondary N) is 4. The smallest absolute Gasteiger partial charge is 0.161 e. The third kappa shape index (κ3) is 11.6. The summed E-state index contributed by atoms with van der Waals surface area (Å²) < 4.78 is 13.7. The van der Waals surface area contributed by atoms with Crippen molar-refractivity contribution < 1.29 is 9.47 Å². The van der Waals surface area contributed by atoms with E-state index in [9.17, 15) is 0 Å². The lowest BCUT2D eigenvalue weighted by Gasteiger charge is -2.33. The lowest BCUT2D eigenvalue weighted by Crippen LogP contribution is -2.32. The van der Waals surface area contributed by atoms with Gasteiger partial charge < -0.3 is 39.2 Å². The van der Waals surface area contributed by atoms with E-state index in [1.165, 1.54) is 0 Å². The summed E-state index contributed by atoms with van der Waals surface area (Å²) >= 11 is 0. The van der Waals surface area contributed by atoms with Gasteiger partial charge in [0.25, 0.3) is 0 Å². The number of aromatic amines is 4. The predicted octanol–water partition coefficient (Wildman–Crippen LogP) is 24.8. The van der Waals surface area contributed by atoms with Crippen LogP contribution in [-0.4, -0.2) is 53.3 Å². The summed E-state index contributed by atoms with van der Waals surface area (Å²) in [5.74, 6) is 1.78. The SMILES string of the molecule is C1=Cc2nc1c(-c1ccccc1)c1ccc([nH]1)c(-c1ccccc1)c1nc(c(-c3ccc(N4COc5c(ccc6c7c(ccc56)CN(c5ccc(-c6c8nc(c(-c9ccccc9)c9ccc([nH]9)c(-c9ccccc9)c9nc(c(-c%10ccccc%10)c%10ccc6[nH]%10)C=C9)C=C8)cc5)CO7)C4)cc3)c3ccc([nH]3)c2-c2ccccc2)C=C1. The van der Waals surface area contributed by atoms with E-state index < -0.39 is 0 Å². The zero-order valence-electron chi connectivity index (χ0n) is 61.8. The molecule has 6 aliphatic rings. The fourth-order valence-electron chi connectivity index (χ4n) is 17.3. The maximum atomic E-state index is 6.85. The highest BCUT2D eigenvalue weighted by Gasteiger charge is 2.28. The van der Waals surface area contributed by atoms with Gasteiger partial charge in [-0.1, -0.05) is 231 Å². The summed E-state index contributed by atoms with van der Waals surface area (Å²) in [6, 6.07) is 107. The van der Waals surface area contributed by atoms with Crippen LogP contribution in [0.1, 0.15) is 56.7 Å². The largest absolute Gasteiger partial charge is 0.472 e. The summed E-state index contributed by atoms with van der Waals surface area (Å²) in [6.07, 6.45) is 17.2. The summed E-state index contributed by atoms with van der Waals surface area (Å²) in [4.78, 5) is 42.3. The first-order chi connectivity index (χ1) is 56.5. The predicted molar refractivity (Wildman–Crippen MR) is 469 cm³/mol. The summed E-state index contributed by atoms with van der Waals surface area (Å²) in [7, 11) is 0. The van der Waals surface area contributed by atoms with Gasteiger partial charge >= 0.3 is 0 Å². The monoisotopic (exact) mass is 1470 g/mol. The van der Waals surface area contributed by atoms with Gasteiger partial charge in [0, 0.05) is 135 Å². The van der Waals surface area contributed by atoms with E-state index in [1.54, 1.807) is 0 Å². The quantitative estimate of drug-likeness (QED) is 0.106. The molecule has 540 valence electrons. The Morgan fingerprint density at radius 3 is 0.623 bits per heavy atom. The second-order valence-corrected chi connectivity index (χ2v) is 29.4. The molecule has 22 rings (SSSR count). The maximum Gasteiger partial charge on any atom is 0.161 e. The average Bonchev–Trinajstić information content (AvgIpc) is 1.16. The number of nitrogens with zero attached hydrogens (tertiary/aromatic N) is 6. The Kier molecular flexibility index (Phi) is 15.9. The van der Waals surface area contributed by atoms with E-state index >= 15 is 0 Å². The van der Waals surface area contributed by atoms with Crippen LogP contribution in [0.5, 0.6) is 11.5 Å². The molecule has 16 aromatic rings. The van der Waals surface area contributed by atoms with E-state index in [0.717, 1.165) is 223 Å². The van der Waals surface area contributed by atoms with Crippen LogP contribution in [0.25, 0.3) is 193 Å². The fraction of sp³-hybridized carbons (Fsp3) is 0.0392. The highest BCUT2D eigenvalue weighted by atomic mass is 16.5. The molecule has 0 saturated heterocycles. The Bertz CT molecular complexity index is 6560. The van der Waals surface area contributed by atoms with Gasteiger partial charge in [0.15, 0.2) is 13.5 Å². The van der Waals surface area contributed by atoms with Crippen LogP contribution in [0.3, 0.4) is 0 Å². The van der Waals surface area contributed by atoms with E-state index in [0.29, 0.717) is 26.6 Å². The normalized spacial score (nSPS) is 13.3. The molecule has 10 aromatic carbocycles. The van der Waals surface area contributed by atoms with Crippen molar-refractivity contribution in [2.75, 3.05) is 23.3 Å². The number of hydrogen-bond acceptors (Lipinski definition) is 8. The topological polar surface area (TPSA) is 140 Å². The molecule has 0 spiro atoms. The van der Waals surface area contributed by atoms with E-state index in [-0.39, 0.29) is 0 Å². The molecule has 12 nitrogen and oxygen atoms in total. The third-order valence-electron chi connectivity index (χ3n) is 22.6. The van der Waals surface area contributed by atoms with Crippen LogP contribution in [0, 0.1) is 0 Å². The first-order valence-electron chi connectivity index (χ1n) is 38.7. The Morgan fingerprint density at radius 1 is 0.211 bits per heavy atom. The number of aromatic nitrogens is 8. The molecule has 6 aliphatic heterocycles. The molecule has 0 amide bonds. The van der Waals surface area contributed by atoms with Crippen molar-refractivity contribution in [3.8, 4) is 101 Å². The molecule has 0 aliphatic carbocycles. The second-order valence-electron chi connectivity index (χ2n) is 29.4. The number of fused-ring (bicyclic) bond motifs is 21. The lowest BCUT2D eigenvalue weighted by atomic mass is 9.99. The van der Waals surface area contributed by atoms with Gasteiger partial charge in [-0.2, -0.15) is 0 Å². The molecular weight excluding hydrogens is 1400 g/mol. The molecule has 0 atom stereocenters. The third-order valence-corrected chi connectivity index (χ3v) is 22.6. The van der Waals surface area contributed by atoms with Crippen molar-refractivity contribution in [3.63, 3.8) is 0 Å². The van der Waals surface area contributed by atoms with Gasteiger partial charge in [-0.3, -0.25) is 0 Å². The molecule has 16 bridgehead atoms. The van der Waals surface area contributed by atoms with Crippen LogP contribution in [0.2, 0.25) is 0 Å². The minimum atomic E-state index is 0.375. The first-order valence-corrected chi connectivity index (χ1v) is 38.7. The second kappa shape index (κ2) is 27.5. The molecule has 0 unspecified atom stereocenters. The van der Waals surface area contributed by atoms with Crippen LogP contribution in [0.15, 0.2) is 303 Å². The first kappa shape index (κ1) is 65.9. The zero-order chi connectivity index (χ0) is 75.2. The van der Waals surface area contributed by atoms with Crippen LogP contribution in [0.4, 0.5) is 11.4 Å². The number of benzene rings is 10. The number of anilines is 2. The maximum absolute atomic E-state index is 6.85. The van der Waals surface area contributed by atoms with Gasteiger partial charge in [0.1, 0.15) is 11.5 Å². The molecule has 114 heavy (non-hydrogen) atoms. The van der Waals surface area contributed by atoms with Crippen LogP contribution in [-0.2, 0) is 13.1 Å². The minimum Gasteiger partial charge on any atom is -0.472 e. The Morgan fingerprint density at radius 2 is 0.412 bits per heavy atom. The molecule has 4 N–H and O–H groups in total. The number of H-pyrrole nitrogens is 4. The summed E-state index contributed by atoms with van der Waals surface area (Å²) in [5, 5.41) is 2.08. The highest BCUT2D eigenvalue weighted by Crippen LogP contribution is 2.46. The van der Waals surface area contributed by atoms with Crippen molar-refractivity contribution in [1.29, 1.82) is 0 Å². The van der Waals surface area contributed by atoms with Crippen LogP contribution >= 0.6 is 0 Å². The van der Waals surface area contributed by atoms with Crippen molar-refractivity contribution in [2.45, 2.75) is 13.1 Å². The molecule has 12 heteroatoms. The molecule has 0 saturated carbocycles. The zero-order valence-corrected chi connectivity index (χ0v) is 61.8. The van der Waals surface area contributed by atoms with E-state index in [1.807, 2.05) is 0 Å².